The summed E-state index contributed by atoms with van der Waals surface area (Å²) in [5.41, 5.74) is 0. The minimum Gasteiger partial charge on any atom is -0.507 e. The minimum absolute atomic E-state index is 0.346. The fraction of sp³-hybridized carbons (Fsp3) is 0. The summed E-state index contributed by atoms with van der Waals surface area (Å²) < 4.78 is 0. The van der Waals surface area contributed by atoms with Gasteiger partial charge in [-0.25, -0.2) is 4.79 Å². The third kappa shape index (κ3) is 2.95. The first kappa shape index (κ1) is 13.6. The summed E-state index contributed by atoms with van der Waals surface area (Å²) >= 11 is 0. The Bertz CT molecular complexity index is 775. The van der Waals surface area contributed by atoms with Gasteiger partial charge in [-0.3, -0.25) is 0 Å². The molecule has 0 aliphatic rings. The van der Waals surface area contributed by atoms with Crippen molar-refractivity contribution < 1.29 is 15.0 Å². The van der Waals surface area contributed by atoms with Crippen molar-refractivity contribution in [3.8, 4) is 5.75 Å². The lowest BCUT2D eigenvalue weighted by Crippen LogP contribution is -1.82. The summed E-state index contributed by atoms with van der Waals surface area (Å²) in [7, 11) is 0. The molecule has 0 fully saturated rings. The molecule has 0 spiro atoms. The van der Waals surface area contributed by atoms with E-state index in [2.05, 4.69) is 24.8 Å². The van der Waals surface area contributed by atoms with E-state index in [1.54, 1.807) is 6.07 Å². The Kier molecular flexibility index (Phi) is 4.01. The van der Waals surface area contributed by atoms with Crippen molar-refractivity contribution in [2.75, 3.05) is 0 Å². The van der Waals surface area contributed by atoms with Crippen molar-refractivity contribution >= 4 is 27.5 Å². The summed E-state index contributed by atoms with van der Waals surface area (Å²) in [6, 6.07) is 17.9. The van der Waals surface area contributed by atoms with Crippen LogP contribution in [-0.2, 0) is 4.79 Å². The summed E-state index contributed by atoms with van der Waals surface area (Å²) in [5.74, 6) is -0.636. The molecule has 3 nitrogen and oxygen atoms in total. The van der Waals surface area contributed by atoms with Crippen molar-refractivity contribution in [3.63, 3.8) is 0 Å². The Morgan fingerprint density at radius 1 is 0.950 bits per heavy atom. The highest BCUT2D eigenvalue weighted by atomic mass is 16.4. The molecule has 3 rings (SSSR count). The zero-order chi connectivity index (χ0) is 14.5. The van der Waals surface area contributed by atoms with Gasteiger partial charge >= 0.3 is 5.97 Å². The summed E-state index contributed by atoms with van der Waals surface area (Å²) in [6.07, 6.45) is 0.833. The van der Waals surface area contributed by atoms with E-state index < -0.39 is 5.97 Å². The van der Waals surface area contributed by atoms with Gasteiger partial charge in [-0.15, -0.1) is 0 Å². The van der Waals surface area contributed by atoms with Gasteiger partial charge in [-0.05, 0) is 34.4 Å². The molecule has 0 saturated carbocycles. The Labute approximate surface area is 116 Å². The summed E-state index contributed by atoms with van der Waals surface area (Å²) in [5, 5.41) is 21.7. The van der Waals surface area contributed by atoms with Gasteiger partial charge in [0.25, 0.3) is 0 Å². The van der Waals surface area contributed by atoms with E-state index in [0.717, 1.165) is 22.2 Å². The topological polar surface area (TPSA) is 57.5 Å². The van der Waals surface area contributed by atoms with E-state index in [0.29, 0.717) is 5.75 Å². The second-order valence-electron chi connectivity index (χ2n) is 4.24. The van der Waals surface area contributed by atoms with E-state index in [4.69, 9.17) is 5.11 Å². The summed E-state index contributed by atoms with van der Waals surface area (Å²) in [4.78, 5) is 9.25. The van der Waals surface area contributed by atoms with Gasteiger partial charge in [0.2, 0.25) is 0 Å². The maximum absolute atomic E-state index is 9.73. The lowest BCUT2D eigenvalue weighted by Gasteiger charge is -2.03. The predicted molar refractivity (Wildman–Crippen MR) is 81.0 cm³/mol. The Morgan fingerprint density at radius 2 is 1.50 bits per heavy atom. The standard InChI is InChI=1S/C14H10O.C3H4O2/c15-14-7-3-6-12-8-10-4-1-2-5-11(10)9-13(12)14;1-2-3(4)5/h1-9,15H;2H,1H2,(H,4,5). The number of phenols is 1. The molecule has 3 heteroatoms. The molecular weight excluding hydrogens is 252 g/mol. The molecule has 0 radical (unpaired) electrons. The highest BCUT2D eigenvalue weighted by molar-refractivity contribution is 6.00. The minimum atomic E-state index is -0.981. The van der Waals surface area contributed by atoms with Crippen molar-refractivity contribution in [2.45, 2.75) is 0 Å². The van der Waals surface area contributed by atoms with Crippen molar-refractivity contribution in [3.05, 3.63) is 67.3 Å². The average molecular weight is 266 g/mol. The zero-order valence-corrected chi connectivity index (χ0v) is 10.8. The highest BCUT2D eigenvalue weighted by Crippen LogP contribution is 2.28. The lowest BCUT2D eigenvalue weighted by atomic mass is 10.0. The third-order valence-corrected chi connectivity index (χ3v) is 2.90. The SMILES string of the molecule is C=CC(=O)O.Oc1cccc2cc3ccccc3cc12. The molecule has 0 amide bonds. The molecule has 0 aliphatic carbocycles. The van der Waals surface area contributed by atoms with Crippen LogP contribution >= 0.6 is 0 Å². The van der Waals surface area contributed by atoms with Gasteiger partial charge in [0.15, 0.2) is 0 Å². The van der Waals surface area contributed by atoms with Gasteiger partial charge in [-0.2, -0.15) is 0 Å². The molecule has 0 heterocycles. The van der Waals surface area contributed by atoms with Crippen LogP contribution in [0.1, 0.15) is 0 Å². The third-order valence-electron chi connectivity index (χ3n) is 2.90. The largest absolute Gasteiger partial charge is 0.507 e. The molecule has 100 valence electrons. The maximum Gasteiger partial charge on any atom is 0.327 e. The number of hydrogen-bond donors (Lipinski definition) is 2. The number of hydrogen-bond acceptors (Lipinski definition) is 2. The first-order valence-corrected chi connectivity index (χ1v) is 6.07. The van der Waals surface area contributed by atoms with Crippen molar-refractivity contribution in [1.29, 1.82) is 0 Å². The van der Waals surface area contributed by atoms with Crippen LogP contribution in [0.25, 0.3) is 21.5 Å². The number of aliphatic carboxylic acids is 1. The van der Waals surface area contributed by atoms with E-state index in [1.165, 1.54) is 5.39 Å². The molecule has 0 unspecified atom stereocenters. The van der Waals surface area contributed by atoms with E-state index in [-0.39, 0.29) is 0 Å². The maximum atomic E-state index is 9.73. The molecule has 0 aliphatic heterocycles. The number of aromatic hydroxyl groups is 1. The number of fused-ring (bicyclic) bond motifs is 2. The van der Waals surface area contributed by atoms with Crippen LogP contribution in [0, 0.1) is 0 Å². The average Bonchev–Trinajstić information content (AvgIpc) is 2.46. The number of carbonyl (C=O) groups is 1. The molecule has 3 aromatic rings. The monoisotopic (exact) mass is 266 g/mol. The van der Waals surface area contributed by atoms with Crippen LogP contribution in [0.3, 0.4) is 0 Å². The number of carboxylic acid groups (broad SMARTS) is 1. The number of rotatable bonds is 1. The Morgan fingerprint density at radius 3 is 2.10 bits per heavy atom. The first-order chi connectivity index (χ1) is 9.61. The van der Waals surface area contributed by atoms with Gasteiger partial charge in [-0.1, -0.05) is 43.0 Å². The van der Waals surface area contributed by atoms with Crippen LogP contribution in [-0.4, -0.2) is 16.2 Å². The van der Waals surface area contributed by atoms with Crippen molar-refractivity contribution in [2.24, 2.45) is 0 Å². The molecule has 2 N–H and O–H groups in total. The van der Waals surface area contributed by atoms with Gasteiger partial charge in [0.1, 0.15) is 5.75 Å². The van der Waals surface area contributed by atoms with Gasteiger partial charge in [0.05, 0.1) is 0 Å². The molecule has 20 heavy (non-hydrogen) atoms. The zero-order valence-electron chi connectivity index (χ0n) is 10.8. The molecule has 0 saturated heterocycles. The highest BCUT2D eigenvalue weighted by Gasteiger charge is 2.00. The second-order valence-corrected chi connectivity index (χ2v) is 4.24. The van der Waals surface area contributed by atoms with Crippen molar-refractivity contribution in [1.82, 2.24) is 0 Å². The second kappa shape index (κ2) is 5.89. The molecule has 0 atom stereocenters. The summed E-state index contributed by atoms with van der Waals surface area (Å²) in [6.45, 7) is 2.96. The fourth-order valence-corrected chi connectivity index (χ4v) is 1.95. The van der Waals surface area contributed by atoms with E-state index in [1.807, 2.05) is 30.3 Å². The molecule has 0 bridgehead atoms. The smallest absolute Gasteiger partial charge is 0.327 e. The van der Waals surface area contributed by atoms with Crippen LogP contribution < -0.4 is 0 Å². The van der Waals surface area contributed by atoms with E-state index >= 15 is 0 Å². The predicted octanol–water partition coefficient (Wildman–Crippen LogP) is 3.96. The van der Waals surface area contributed by atoms with Gasteiger partial charge < -0.3 is 10.2 Å². The first-order valence-electron chi connectivity index (χ1n) is 6.07. The lowest BCUT2D eigenvalue weighted by molar-refractivity contribution is -0.131. The Hall–Kier alpha value is -2.81. The molecule has 3 aromatic carbocycles. The number of phenolic OH excluding ortho intramolecular Hbond substituents is 1. The van der Waals surface area contributed by atoms with Gasteiger partial charge in [0, 0.05) is 11.5 Å². The van der Waals surface area contributed by atoms with E-state index in [9.17, 15) is 9.90 Å². The van der Waals surface area contributed by atoms with Crippen LogP contribution in [0.5, 0.6) is 5.75 Å². The Balaban J connectivity index is 0.000000257. The fourth-order valence-electron chi connectivity index (χ4n) is 1.95. The quantitative estimate of drug-likeness (QED) is 0.518. The van der Waals surface area contributed by atoms with Crippen LogP contribution in [0.4, 0.5) is 0 Å². The number of benzene rings is 3. The normalized spacial score (nSPS) is 9.80. The molecule has 0 aromatic heterocycles. The van der Waals surface area contributed by atoms with Crippen LogP contribution in [0.2, 0.25) is 0 Å². The number of carboxylic acids is 1. The molecular formula is C17H14O3. The van der Waals surface area contributed by atoms with Crippen LogP contribution in [0.15, 0.2) is 67.3 Å².